The quantitative estimate of drug-likeness (QED) is 0.305. The summed E-state index contributed by atoms with van der Waals surface area (Å²) in [7, 11) is 0. The first-order chi connectivity index (χ1) is 18.8. The monoisotopic (exact) mass is 546 g/mol. The molecule has 5 rings (SSSR count). The second-order valence-electron chi connectivity index (χ2n) is 9.06. The molecule has 1 aliphatic heterocycles. The molecule has 0 radical (unpaired) electrons. The summed E-state index contributed by atoms with van der Waals surface area (Å²) in [5.41, 5.74) is 8.08. The third kappa shape index (κ3) is 6.72. The van der Waals surface area contributed by atoms with Crippen molar-refractivity contribution in [3.8, 4) is 5.75 Å². The molecule has 1 heterocycles. The summed E-state index contributed by atoms with van der Waals surface area (Å²) in [4.78, 5) is 27.5. The van der Waals surface area contributed by atoms with Gasteiger partial charge in [0.15, 0.2) is 0 Å². The summed E-state index contributed by atoms with van der Waals surface area (Å²) in [6.07, 6.45) is 1.71. The number of amides is 2. The molecule has 2 amide bonds. The molecule has 1 saturated heterocycles. The van der Waals surface area contributed by atoms with Gasteiger partial charge in [-0.1, -0.05) is 48.0 Å². The topological polar surface area (TPSA) is 111 Å². The number of benzene rings is 4. The number of fused-ring (bicyclic) bond motifs is 1. The standard InChI is InChI=1S/C23H22FN3O.C7H6ClNO2/c24-19-7-9-20(10-8-19)26-11-13-27(14-12-26)23(28)15-17-5-6-18(16-25)22-4-2-1-3-21(17)22;8-5-3-4(7(9)11)1-2-6(5)10/h1-10,16,25H,11-15H2;1-3,10H,(H2,9,11). The van der Waals surface area contributed by atoms with Crippen LogP contribution in [0.1, 0.15) is 21.5 Å². The minimum Gasteiger partial charge on any atom is -0.506 e. The normalized spacial score (nSPS) is 13.0. The lowest BCUT2D eigenvalue weighted by Crippen LogP contribution is -2.49. The van der Waals surface area contributed by atoms with Crippen LogP contribution in [-0.2, 0) is 11.2 Å². The molecule has 0 saturated carbocycles. The lowest BCUT2D eigenvalue weighted by atomic mass is 9.98. The van der Waals surface area contributed by atoms with Gasteiger partial charge in [-0.3, -0.25) is 9.59 Å². The number of piperazine rings is 1. The highest BCUT2D eigenvalue weighted by Crippen LogP contribution is 2.24. The Morgan fingerprint density at radius 3 is 2.23 bits per heavy atom. The Kier molecular flexibility index (Phi) is 8.78. The number of halogens is 2. The van der Waals surface area contributed by atoms with Gasteiger partial charge in [0.05, 0.1) is 11.4 Å². The molecule has 39 heavy (non-hydrogen) atoms. The van der Waals surface area contributed by atoms with E-state index in [0.29, 0.717) is 19.5 Å². The molecular weight excluding hydrogens is 519 g/mol. The molecule has 0 bridgehead atoms. The Hall–Kier alpha value is -4.43. The number of anilines is 1. The first kappa shape index (κ1) is 27.6. The number of nitrogens with zero attached hydrogens (tertiary/aromatic N) is 2. The van der Waals surface area contributed by atoms with E-state index < -0.39 is 5.91 Å². The van der Waals surface area contributed by atoms with Crippen molar-refractivity contribution in [2.75, 3.05) is 31.1 Å². The van der Waals surface area contributed by atoms with Crippen molar-refractivity contribution < 1.29 is 19.1 Å². The third-order valence-electron chi connectivity index (χ3n) is 6.60. The predicted molar refractivity (Wildman–Crippen MR) is 152 cm³/mol. The molecule has 1 aliphatic rings. The molecule has 200 valence electrons. The maximum atomic E-state index is 13.1. The van der Waals surface area contributed by atoms with E-state index in [1.54, 1.807) is 12.1 Å². The predicted octanol–water partition coefficient (Wildman–Crippen LogP) is 5.01. The zero-order valence-electron chi connectivity index (χ0n) is 21.1. The van der Waals surface area contributed by atoms with Crippen molar-refractivity contribution >= 4 is 46.1 Å². The zero-order valence-corrected chi connectivity index (χ0v) is 21.9. The molecule has 4 N–H and O–H groups in total. The number of phenolic OH excluding ortho intramolecular Hbond substituents is 1. The van der Waals surface area contributed by atoms with E-state index in [9.17, 15) is 14.0 Å². The number of rotatable bonds is 5. The summed E-state index contributed by atoms with van der Waals surface area (Å²) < 4.78 is 13.1. The molecule has 4 aromatic rings. The number of primary amides is 1. The Morgan fingerprint density at radius 1 is 0.949 bits per heavy atom. The van der Waals surface area contributed by atoms with Crippen LogP contribution in [0.15, 0.2) is 78.9 Å². The maximum absolute atomic E-state index is 13.1. The lowest BCUT2D eigenvalue weighted by Gasteiger charge is -2.36. The molecule has 0 unspecified atom stereocenters. The fourth-order valence-electron chi connectivity index (χ4n) is 4.47. The lowest BCUT2D eigenvalue weighted by molar-refractivity contribution is -0.130. The summed E-state index contributed by atoms with van der Waals surface area (Å²) in [6.45, 7) is 2.80. The van der Waals surface area contributed by atoms with Crippen molar-refractivity contribution in [3.63, 3.8) is 0 Å². The number of hydrogen-bond donors (Lipinski definition) is 3. The number of hydrogen-bond acceptors (Lipinski definition) is 5. The number of nitrogens with one attached hydrogen (secondary N) is 1. The Morgan fingerprint density at radius 2 is 1.62 bits per heavy atom. The third-order valence-corrected chi connectivity index (χ3v) is 6.90. The first-order valence-electron chi connectivity index (χ1n) is 12.3. The van der Waals surface area contributed by atoms with E-state index in [1.807, 2.05) is 41.3 Å². The molecule has 7 nitrogen and oxygen atoms in total. The summed E-state index contributed by atoms with van der Waals surface area (Å²) in [5.74, 6) is -0.742. The first-order valence-corrected chi connectivity index (χ1v) is 12.7. The fraction of sp³-hybridized carbons (Fsp3) is 0.167. The van der Waals surface area contributed by atoms with Crippen molar-refractivity contribution in [1.29, 1.82) is 5.41 Å². The van der Waals surface area contributed by atoms with Crippen LogP contribution < -0.4 is 10.6 Å². The number of carbonyl (C=O) groups is 2. The van der Waals surface area contributed by atoms with Crippen LogP contribution in [0.2, 0.25) is 5.02 Å². The van der Waals surface area contributed by atoms with E-state index in [4.69, 9.17) is 27.9 Å². The van der Waals surface area contributed by atoms with Crippen molar-refractivity contribution in [2.24, 2.45) is 5.73 Å². The molecule has 0 atom stereocenters. The zero-order chi connectivity index (χ0) is 27.9. The summed E-state index contributed by atoms with van der Waals surface area (Å²) in [6, 6.07) is 22.3. The van der Waals surface area contributed by atoms with Gasteiger partial charge in [-0.25, -0.2) is 4.39 Å². The second kappa shape index (κ2) is 12.4. The molecule has 0 aliphatic carbocycles. The number of nitrogens with two attached hydrogens (primary N) is 1. The Labute approximate surface area is 230 Å². The van der Waals surface area contributed by atoms with Crippen LogP contribution in [-0.4, -0.2) is 54.2 Å². The molecule has 1 fully saturated rings. The van der Waals surface area contributed by atoms with Crippen LogP contribution in [0.5, 0.6) is 5.75 Å². The van der Waals surface area contributed by atoms with Crippen molar-refractivity contribution in [2.45, 2.75) is 6.42 Å². The molecule has 0 spiro atoms. The van der Waals surface area contributed by atoms with Gasteiger partial charge in [0.1, 0.15) is 11.6 Å². The fourth-order valence-corrected chi connectivity index (χ4v) is 4.65. The van der Waals surface area contributed by atoms with E-state index in [1.165, 1.54) is 36.5 Å². The molecule has 9 heteroatoms. The maximum Gasteiger partial charge on any atom is 0.248 e. The van der Waals surface area contributed by atoms with Gasteiger partial charge in [-0.2, -0.15) is 0 Å². The SMILES string of the molecule is N=Cc1ccc(CC(=O)N2CCN(c3ccc(F)cc3)CC2)c2ccccc12.NC(=O)c1ccc(O)c(Cl)c1. The van der Waals surface area contributed by atoms with Crippen LogP contribution in [0.25, 0.3) is 10.8 Å². The van der Waals surface area contributed by atoms with Crippen molar-refractivity contribution in [3.05, 3.63) is 106 Å². The molecular formula is C30H28ClFN4O3. The van der Waals surface area contributed by atoms with Gasteiger partial charge in [-0.05, 0) is 64.4 Å². The Bertz CT molecular complexity index is 1500. The molecule has 0 aromatic heterocycles. The van der Waals surface area contributed by atoms with Crippen LogP contribution in [0.3, 0.4) is 0 Å². The highest BCUT2D eigenvalue weighted by molar-refractivity contribution is 6.32. The molecule has 4 aromatic carbocycles. The van der Waals surface area contributed by atoms with E-state index in [0.717, 1.165) is 40.7 Å². The number of aromatic hydroxyl groups is 1. The van der Waals surface area contributed by atoms with E-state index in [-0.39, 0.29) is 28.1 Å². The summed E-state index contributed by atoms with van der Waals surface area (Å²) in [5, 5.41) is 18.7. The van der Waals surface area contributed by atoms with E-state index in [2.05, 4.69) is 4.90 Å². The van der Waals surface area contributed by atoms with Crippen molar-refractivity contribution in [1.82, 2.24) is 4.90 Å². The average molecular weight is 547 g/mol. The van der Waals surface area contributed by atoms with Gasteiger partial charge < -0.3 is 26.0 Å². The van der Waals surface area contributed by atoms with Gasteiger partial charge in [0.25, 0.3) is 0 Å². The number of carbonyl (C=O) groups excluding carboxylic acids is 2. The van der Waals surface area contributed by atoms with Crippen LogP contribution in [0, 0.1) is 11.2 Å². The highest BCUT2D eigenvalue weighted by Gasteiger charge is 2.22. The van der Waals surface area contributed by atoms with Crippen LogP contribution in [0.4, 0.5) is 10.1 Å². The smallest absolute Gasteiger partial charge is 0.248 e. The second-order valence-corrected chi connectivity index (χ2v) is 9.46. The average Bonchev–Trinajstić information content (AvgIpc) is 2.95. The minimum absolute atomic E-state index is 0.0586. The van der Waals surface area contributed by atoms with Gasteiger partial charge in [0.2, 0.25) is 11.8 Å². The van der Waals surface area contributed by atoms with E-state index >= 15 is 0 Å². The highest BCUT2D eigenvalue weighted by atomic mass is 35.5. The number of phenols is 1. The van der Waals surface area contributed by atoms with Crippen LogP contribution >= 0.6 is 11.6 Å². The van der Waals surface area contributed by atoms with Gasteiger partial charge in [-0.15, -0.1) is 0 Å². The Balaban J connectivity index is 0.000000270. The minimum atomic E-state index is -0.563. The van der Waals surface area contributed by atoms with Gasteiger partial charge in [0, 0.05) is 43.6 Å². The summed E-state index contributed by atoms with van der Waals surface area (Å²) >= 11 is 5.50. The van der Waals surface area contributed by atoms with Gasteiger partial charge >= 0.3 is 0 Å². The largest absolute Gasteiger partial charge is 0.506 e.